The third-order valence-electron chi connectivity index (χ3n) is 28.2. The number of rotatable bonds is 36. The van der Waals surface area contributed by atoms with Gasteiger partial charge in [-0.3, -0.25) is 0 Å². The molecule has 798 valence electrons. The molecule has 146 heavy (non-hydrogen) atoms. The number of ether oxygens (including phenoxy) is 7. The van der Waals surface area contributed by atoms with E-state index < -0.39 is 0 Å². The predicted molar refractivity (Wildman–Crippen MR) is 626 cm³/mol. The second-order valence-corrected chi connectivity index (χ2v) is 43.2. The van der Waals surface area contributed by atoms with Crippen molar-refractivity contribution in [1.82, 2.24) is 0 Å². The van der Waals surface area contributed by atoms with Crippen LogP contribution < -0.4 is 18.9 Å². The molecule has 12 aromatic carbocycles. The van der Waals surface area contributed by atoms with Crippen LogP contribution in [0, 0.1) is 27.7 Å². The van der Waals surface area contributed by atoms with Gasteiger partial charge in [0.05, 0.1) is 26.9 Å². The summed E-state index contributed by atoms with van der Waals surface area (Å²) in [5.74, 6) is 10.0. The van der Waals surface area contributed by atoms with Crippen LogP contribution in [0.25, 0.3) is 0 Å². The topological polar surface area (TPSA) is 125 Å². The molecule has 12 aromatic rings. The molecular weight excluding hydrogens is 1790 g/mol. The Bertz CT molecular complexity index is 5140. The van der Waals surface area contributed by atoms with Crippen molar-refractivity contribution in [1.29, 1.82) is 0 Å². The number of benzene rings is 12. The maximum atomic E-state index is 9.01. The number of aryl methyl sites for hydroxylation is 5. The summed E-state index contributed by atoms with van der Waals surface area (Å²) in [5, 5.41) is 27.0. The van der Waals surface area contributed by atoms with E-state index >= 15 is 0 Å². The van der Waals surface area contributed by atoms with Gasteiger partial charge in [0.1, 0.15) is 40.2 Å². The number of aromatic hydroxyl groups is 3. The van der Waals surface area contributed by atoms with Crippen LogP contribution in [0.1, 0.15) is 431 Å². The van der Waals surface area contributed by atoms with Gasteiger partial charge in [-0.05, 0) is 368 Å². The van der Waals surface area contributed by atoms with Crippen molar-refractivity contribution in [2.24, 2.45) is 0 Å². The first kappa shape index (κ1) is 127. The summed E-state index contributed by atoms with van der Waals surface area (Å²) in [4.78, 5) is 0. The maximum absolute atomic E-state index is 9.01. The summed E-state index contributed by atoms with van der Waals surface area (Å²) in [6.45, 7) is 76.4. The fourth-order valence-corrected chi connectivity index (χ4v) is 15.6. The third kappa shape index (κ3) is 48.8. The molecule has 0 saturated carbocycles. The van der Waals surface area contributed by atoms with Crippen LogP contribution in [-0.2, 0) is 50.1 Å². The second-order valence-electron chi connectivity index (χ2n) is 43.2. The lowest BCUT2D eigenvalue weighted by atomic mass is 9.85. The minimum Gasteiger partial charge on any atom is -0.508 e. The van der Waals surface area contributed by atoms with Crippen molar-refractivity contribution in [2.45, 2.75) is 408 Å². The molecule has 0 aliphatic rings. The van der Waals surface area contributed by atoms with Crippen molar-refractivity contribution in [3.63, 3.8) is 0 Å². The van der Waals surface area contributed by atoms with Crippen molar-refractivity contribution in [3.8, 4) is 40.2 Å². The van der Waals surface area contributed by atoms with Gasteiger partial charge in [-0.1, -0.05) is 392 Å². The number of methoxy groups -OCH3 is 1. The molecule has 0 heterocycles. The first-order valence-corrected chi connectivity index (χ1v) is 54.7. The van der Waals surface area contributed by atoms with Gasteiger partial charge in [-0.25, -0.2) is 0 Å². The lowest BCUT2D eigenvalue weighted by Crippen LogP contribution is -2.17. The molecule has 12 rings (SSSR count). The van der Waals surface area contributed by atoms with Gasteiger partial charge in [0.15, 0.2) is 18.9 Å². The molecule has 12 atom stereocenters. The SMILES string of the molecule is CCC(C)c1ccc(C(C)(C)C)cc1.CCC(C)c1ccc(C(C)(C)C)cc1.CCC(C)c1ccc(C(C)(C)C)cc1.CCC(C)c1ccc(O)cc1.CCC(C)c1ccc(O)cc1.CCC(C)c1ccc(O)cc1.CCC(C)c1ccc(OC(C)OCCCc2ccc(C)cc2C)cc1.CCC(C)c1ccc(OC(C)OCc2ccc(C)cc2C)cc1.CCC(C)c1ccc(OC(C)OCc2ccc(OC)cc2)cc1. The Kier molecular flexibility index (Phi) is 58.6. The van der Waals surface area contributed by atoms with E-state index in [-0.39, 0.29) is 35.1 Å². The summed E-state index contributed by atoms with van der Waals surface area (Å²) in [6.07, 6.45) is 11.8. The van der Waals surface area contributed by atoms with Crippen LogP contribution in [0.3, 0.4) is 0 Å². The standard InChI is InChI=1S/C23H32O2.C21H28O2.C20H26O3.3C14H22.3C10H14O/c1-6-18(3)22-11-13-23(14-12-22)25-20(5)24-15-7-8-21-10-9-17(2)16-19(21)4;1-6-16(3)19-9-11-21(12-10-19)23-18(5)22-14-20-8-7-15(2)13-17(20)4;1-5-15(2)18-8-12-20(13-9-18)23-16(3)22-14-17-6-10-19(21-4)11-7-17;3*1-6-11(2)12-7-9-13(10-8-12)14(3,4)5;3*1-3-8(2)9-4-6-10(11)7-5-9/h9-14,16,18,20H,6-8,15H2,1-5H3;7-13,16,18H,6,14H2,1-5H3;6-13,15-16H,5,14H2,1-4H3;3*7-11H,6H2,1-5H3;3*4-8,11H,3H2,1-2H3. The molecule has 0 aliphatic carbocycles. The number of phenolic OH excluding ortho intramolecular Hbond substituents is 3. The van der Waals surface area contributed by atoms with Crippen LogP contribution in [0.2, 0.25) is 0 Å². The normalized spacial score (nSPS) is 13.5. The highest BCUT2D eigenvalue weighted by molar-refractivity contribution is 5.39. The summed E-state index contributed by atoms with van der Waals surface area (Å²) in [7, 11) is 1.66. The zero-order chi connectivity index (χ0) is 109. The fourth-order valence-electron chi connectivity index (χ4n) is 15.6. The van der Waals surface area contributed by atoms with E-state index in [9.17, 15) is 0 Å². The lowest BCUT2D eigenvalue weighted by molar-refractivity contribution is -0.0762. The summed E-state index contributed by atoms with van der Waals surface area (Å²) in [6, 6.07) is 95.4. The highest BCUT2D eigenvalue weighted by Gasteiger charge is 2.19. The minimum absolute atomic E-state index is 0.228. The van der Waals surface area contributed by atoms with Gasteiger partial charge in [0.25, 0.3) is 0 Å². The molecule has 0 fully saturated rings. The molecule has 0 saturated heterocycles. The smallest absolute Gasteiger partial charge is 0.197 e. The van der Waals surface area contributed by atoms with Crippen LogP contribution in [-0.4, -0.2) is 47.9 Å². The molecule has 10 heteroatoms. The highest BCUT2D eigenvalue weighted by atomic mass is 16.7. The van der Waals surface area contributed by atoms with E-state index in [4.69, 9.17) is 48.5 Å². The van der Waals surface area contributed by atoms with E-state index in [1.54, 1.807) is 43.5 Å². The van der Waals surface area contributed by atoms with Crippen molar-refractivity contribution >= 4 is 0 Å². The van der Waals surface area contributed by atoms with E-state index in [1.807, 2.05) is 118 Å². The van der Waals surface area contributed by atoms with E-state index in [0.29, 0.717) is 90.3 Å². The van der Waals surface area contributed by atoms with Crippen LogP contribution in [0.5, 0.6) is 40.2 Å². The van der Waals surface area contributed by atoms with Gasteiger partial charge >= 0.3 is 0 Å². The molecule has 0 amide bonds. The largest absolute Gasteiger partial charge is 0.508 e. The molecule has 0 aromatic heterocycles. The Morgan fingerprint density at radius 2 is 0.452 bits per heavy atom. The summed E-state index contributed by atoms with van der Waals surface area (Å²) >= 11 is 0. The number of phenols is 3. The monoisotopic (exact) mass is 1990 g/mol. The molecular formula is C136H194O10. The van der Waals surface area contributed by atoms with E-state index in [1.165, 1.54) is 119 Å². The zero-order valence-electron chi connectivity index (χ0n) is 97.1. The Morgan fingerprint density at radius 3 is 0.678 bits per heavy atom. The highest BCUT2D eigenvalue weighted by Crippen LogP contribution is 2.34. The molecule has 3 N–H and O–H groups in total. The average Bonchev–Trinajstić information content (AvgIpc) is 0.856. The van der Waals surface area contributed by atoms with Crippen molar-refractivity contribution in [2.75, 3.05) is 13.7 Å². The van der Waals surface area contributed by atoms with Gasteiger partial charge in [0.2, 0.25) is 0 Å². The van der Waals surface area contributed by atoms with Gasteiger partial charge in [0, 0.05) is 0 Å². The summed E-state index contributed by atoms with van der Waals surface area (Å²) in [5.41, 5.74) is 26.3. The van der Waals surface area contributed by atoms with E-state index in [0.717, 1.165) is 79.9 Å². The Morgan fingerprint density at radius 1 is 0.240 bits per heavy atom. The van der Waals surface area contributed by atoms with Gasteiger partial charge in [-0.2, -0.15) is 0 Å². The molecule has 0 spiro atoms. The number of hydrogen-bond acceptors (Lipinski definition) is 10. The van der Waals surface area contributed by atoms with Crippen LogP contribution in [0.4, 0.5) is 0 Å². The van der Waals surface area contributed by atoms with Crippen LogP contribution in [0.15, 0.2) is 279 Å². The Hall–Kier alpha value is -10.9. The average molecular weight is 1990 g/mol. The zero-order valence-corrected chi connectivity index (χ0v) is 97.1. The van der Waals surface area contributed by atoms with Gasteiger partial charge in [-0.15, -0.1) is 0 Å². The third-order valence-corrected chi connectivity index (χ3v) is 28.2. The molecule has 12 unspecified atom stereocenters. The first-order valence-electron chi connectivity index (χ1n) is 54.7. The van der Waals surface area contributed by atoms with Crippen molar-refractivity contribution < 1.29 is 48.5 Å². The van der Waals surface area contributed by atoms with E-state index in [2.05, 4.69) is 360 Å². The fraction of sp³-hybridized carbons (Fsp3) is 0.471. The molecule has 0 bridgehead atoms. The predicted octanol–water partition coefficient (Wildman–Crippen LogP) is 39.3. The Balaban J connectivity index is 0.000000348. The second kappa shape index (κ2) is 67.2. The van der Waals surface area contributed by atoms with Crippen molar-refractivity contribution in [3.05, 3.63) is 385 Å². The quantitative estimate of drug-likeness (QED) is 0.0258. The Labute approximate surface area is 889 Å². The summed E-state index contributed by atoms with van der Waals surface area (Å²) < 4.78 is 40.0. The minimum atomic E-state index is -0.299. The maximum Gasteiger partial charge on any atom is 0.197 e. The molecule has 0 radical (unpaired) electrons. The number of hydrogen-bond donors (Lipinski definition) is 3. The van der Waals surface area contributed by atoms with Gasteiger partial charge < -0.3 is 48.5 Å². The lowest BCUT2D eigenvalue weighted by Gasteiger charge is -2.20. The first-order chi connectivity index (χ1) is 69.2. The van der Waals surface area contributed by atoms with Crippen LogP contribution >= 0.6 is 0 Å². The molecule has 0 aliphatic heterocycles. The molecule has 10 nitrogen and oxygen atoms in total.